The predicted octanol–water partition coefficient (Wildman–Crippen LogP) is 3.69. The topological polar surface area (TPSA) is 21.3 Å². The number of nitrogens with one attached hydrogen (secondary N) is 1. The van der Waals surface area contributed by atoms with Crippen LogP contribution in [0.1, 0.15) is 18.9 Å². The molecule has 19 heavy (non-hydrogen) atoms. The van der Waals surface area contributed by atoms with Gasteiger partial charge in [-0.25, -0.2) is 0 Å². The molecular weight excluding hydrogens is 241 g/mol. The van der Waals surface area contributed by atoms with Gasteiger partial charge in [-0.15, -0.1) is 0 Å². The summed E-state index contributed by atoms with van der Waals surface area (Å²) in [5, 5.41) is 5.73. The SMILES string of the molecule is CCNCc1c(OCCCF)ccc2ccccc12. The summed E-state index contributed by atoms with van der Waals surface area (Å²) in [6.07, 6.45) is 0.438. The lowest BCUT2D eigenvalue weighted by atomic mass is 10.0. The molecule has 0 spiro atoms. The highest BCUT2D eigenvalue weighted by Crippen LogP contribution is 2.28. The van der Waals surface area contributed by atoms with Crippen molar-refractivity contribution in [1.82, 2.24) is 5.32 Å². The highest BCUT2D eigenvalue weighted by Gasteiger charge is 2.08. The quantitative estimate of drug-likeness (QED) is 0.767. The fourth-order valence-corrected chi connectivity index (χ4v) is 2.12. The van der Waals surface area contributed by atoms with Crippen LogP contribution in [0.4, 0.5) is 4.39 Å². The van der Waals surface area contributed by atoms with Crippen LogP contribution in [-0.2, 0) is 6.54 Å². The second-order valence-electron chi connectivity index (χ2n) is 4.43. The van der Waals surface area contributed by atoms with Gasteiger partial charge in [0.05, 0.1) is 13.3 Å². The van der Waals surface area contributed by atoms with Gasteiger partial charge in [-0.2, -0.15) is 0 Å². The lowest BCUT2D eigenvalue weighted by Gasteiger charge is -2.14. The van der Waals surface area contributed by atoms with Gasteiger partial charge in [0.15, 0.2) is 0 Å². The van der Waals surface area contributed by atoms with Crippen LogP contribution < -0.4 is 10.1 Å². The predicted molar refractivity (Wildman–Crippen MR) is 77.4 cm³/mol. The zero-order chi connectivity index (χ0) is 13.5. The first-order chi connectivity index (χ1) is 9.36. The summed E-state index contributed by atoms with van der Waals surface area (Å²) < 4.78 is 17.9. The van der Waals surface area contributed by atoms with E-state index in [4.69, 9.17) is 4.74 Å². The Morgan fingerprint density at radius 3 is 2.79 bits per heavy atom. The number of rotatable bonds is 7. The van der Waals surface area contributed by atoms with Crippen molar-refractivity contribution in [3.8, 4) is 5.75 Å². The molecule has 0 bridgehead atoms. The molecule has 0 amide bonds. The zero-order valence-electron chi connectivity index (χ0n) is 11.3. The van der Waals surface area contributed by atoms with Gasteiger partial charge < -0.3 is 10.1 Å². The van der Waals surface area contributed by atoms with E-state index < -0.39 is 0 Å². The monoisotopic (exact) mass is 261 g/mol. The number of halogens is 1. The molecule has 0 fully saturated rings. The molecule has 2 rings (SSSR count). The lowest BCUT2D eigenvalue weighted by Crippen LogP contribution is -2.13. The fourth-order valence-electron chi connectivity index (χ4n) is 2.12. The van der Waals surface area contributed by atoms with Crippen molar-refractivity contribution in [1.29, 1.82) is 0 Å². The van der Waals surface area contributed by atoms with E-state index in [0.29, 0.717) is 13.0 Å². The molecule has 0 unspecified atom stereocenters. The third-order valence-electron chi connectivity index (χ3n) is 3.08. The van der Waals surface area contributed by atoms with E-state index >= 15 is 0 Å². The summed E-state index contributed by atoms with van der Waals surface area (Å²) in [5.74, 6) is 0.855. The summed E-state index contributed by atoms with van der Waals surface area (Å²) in [6, 6.07) is 12.3. The van der Waals surface area contributed by atoms with Crippen molar-refractivity contribution in [3.63, 3.8) is 0 Å². The van der Waals surface area contributed by atoms with Crippen LogP contribution in [0, 0.1) is 0 Å². The maximum Gasteiger partial charge on any atom is 0.124 e. The Kier molecular flexibility index (Phi) is 5.16. The van der Waals surface area contributed by atoms with Crippen molar-refractivity contribution < 1.29 is 9.13 Å². The molecule has 0 aliphatic carbocycles. The molecule has 0 heterocycles. The summed E-state index contributed by atoms with van der Waals surface area (Å²) in [5.41, 5.74) is 1.15. The van der Waals surface area contributed by atoms with E-state index in [1.165, 1.54) is 10.8 Å². The summed E-state index contributed by atoms with van der Waals surface area (Å²) in [4.78, 5) is 0. The van der Waals surface area contributed by atoms with Gasteiger partial charge in [0, 0.05) is 18.5 Å². The average Bonchev–Trinajstić information content (AvgIpc) is 2.46. The van der Waals surface area contributed by atoms with E-state index in [2.05, 4.69) is 30.4 Å². The molecule has 0 saturated carbocycles. The molecule has 0 saturated heterocycles. The lowest BCUT2D eigenvalue weighted by molar-refractivity contribution is 0.287. The van der Waals surface area contributed by atoms with Crippen molar-refractivity contribution in [2.75, 3.05) is 19.8 Å². The number of ether oxygens (including phenoxy) is 1. The van der Waals surface area contributed by atoms with E-state index in [9.17, 15) is 4.39 Å². The Hall–Kier alpha value is -1.61. The van der Waals surface area contributed by atoms with Gasteiger partial charge in [0.1, 0.15) is 5.75 Å². The number of hydrogen-bond acceptors (Lipinski definition) is 2. The van der Waals surface area contributed by atoms with Crippen LogP contribution >= 0.6 is 0 Å². The number of benzene rings is 2. The van der Waals surface area contributed by atoms with E-state index in [0.717, 1.165) is 24.4 Å². The third-order valence-corrected chi connectivity index (χ3v) is 3.08. The maximum absolute atomic E-state index is 12.2. The van der Waals surface area contributed by atoms with Gasteiger partial charge in [0.2, 0.25) is 0 Å². The van der Waals surface area contributed by atoms with Gasteiger partial charge in [0.25, 0.3) is 0 Å². The third kappa shape index (κ3) is 3.44. The van der Waals surface area contributed by atoms with E-state index in [1.807, 2.05) is 18.2 Å². The number of hydrogen-bond donors (Lipinski definition) is 1. The molecule has 0 radical (unpaired) electrons. The maximum atomic E-state index is 12.2. The second kappa shape index (κ2) is 7.10. The average molecular weight is 261 g/mol. The minimum Gasteiger partial charge on any atom is -0.493 e. The van der Waals surface area contributed by atoms with Crippen LogP contribution in [0.5, 0.6) is 5.75 Å². The summed E-state index contributed by atoms with van der Waals surface area (Å²) in [6.45, 7) is 3.84. The molecule has 0 atom stereocenters. The molecule has 0 aliphatic heterocycles. The van der Waals surface area contributed by atoms with Crippen molar-refractivity contribution >= 4 is 10.8 Å². The molecule has 0 aromatic heterocycles. The Balaban J connectivity index is 2.32. The van der Waals surface area contributed by atoms with Crippen LogP contribution in [-0.4, -0.2) is 19.8 Å². The number of fused-ring (bicyclic) bond motifs is 1. The summed E-state index contributed by atoms with van der Waals surface area (Å²) >= 11 is 0. The molecule has 102 valence electrons. The molecule has 1 N–H and O–H groups in total. The number of alkyl halides is 1. The first kappa shape index (κ1) is 13.8. The zero-order valence-corrected chi connectivity index (χ0v) is 11.3. The minimum absolute atomic E-state index is 0.337. The smallest absolute Gasteiger partial charge is 0.124 e. The largest absolute Gasteiger partial charge is 0.493 e. The molecule has 3 heteroatoms. The van der Waals surface area contributed by atoms with E-state index in [1.54, 1.807) is 0 Å². The van der Waals surface area contributed by atoms with Crippen LogP contribution in [0.3, 0.4) is 0 Å². The minimum atomic E-state index is -0.337. The Morgan fingerprint density at radius 2 is 2.00 bits per heavy atom. The van der Waals surface area contributed by atoms with Gasteiger partial charge in [-0.1, -0.05) is 37.3 Å². The van der Waals surface area contributed by atoms with Gasteiger partial charge in [-0.3, -0.25) is 4.39 Å². The van der Waals surface area contributed by atoms with E-state index in [-0.39, 0.29) is 6.67 Å². The Labute approximate surface area is 113 Å². The van der Waals surface area contributed by atoms with Crippen molar-refractivity contribution in [2.45, 2.75) is 19.9 Å². The van der Waals surface area contributed by atoms with Gasteiger partial charge >= 0.3 is 0 Å². The van der Waals surface area contributed by atoms with Crippen LogP contribution in [0.2, 0.25) is 0 Å². The summed E-state index contributed by atoms with van der Waals surface area (Å²) in [7, 11) is 0. The highest BCUT2D eigenvalue weighted by atomic mass is 19.1. The Morgan fingerprint density at radius 1 is 1.16 bits per heavy atom. The first-order valence-corrected chi connectivity index (χ1v) is 6.77. The Bertz CT molecular complexity index is 527. The molecule has 2 nitrogen and oxygen atoms in total. The molecular formula is C16H20FNO. The van der Waals surface area contributed by atoms with Crippen molar-refractivity contribution in [2.24, 2.45) is 0 Å². The van der Waals surface area contributed by atoms with Crippen molar-refractivity contribution in [3.05, 3.63) is 42.0 Å². The highest BCUT2D eigenvalue weighted by molar-refractivity contribution is 5.87. The van der Waals surface area contributed by atoms with Crippen LogP contribution in [0.15, 0.2) is 36.4 Å². The molecule has 0 aliphatic rings. The molecule has 2 aromatic rings. The van der Waals surface area contributed by atoms with Gasteiger partial charge in [-0.05, 0) is 23.4 Å². The molecule has 2 aromatic carbocycles. The normalized spacial score (nSPS) is 10.8. The second-order valence-corrected chi connectivity index (χ2v) is 4.43. The first-order valence-electron chi connectivity index (χ1n) is 6.77. The van der Waals surface area contributed by atoms with Crippen LogP contribution in [0.25, 0.3) is 10.8 Å². The fraction of sp³-hybridized carbons (Fsp3) is 0.375. The standard InChI is InChI=1S/C16H20FNO/c1-2-18-12-15-14-7-4-3-6-13(14)8-9-16(15)19-11-5-10-17/h3-4,6-9,18H,2,5,10-12H2,1H3.